The van der Waals surface area contributed by atoms with Crippen LogP contribution in [-0.4, -0.2) is 23.6 Å². The molecule has 25 heavy (non-hydrogen) atoms. The lowest BCUT2D eigenvalue weighted by atomic mass is 10.2. The molecule has 2 rings (SSSR count). The number of benzene rings is 1. The molecule has 134 valence electrons. The third-order valence-corrected chi connectivity index (χ3v) is 3.91. The van der Waals surface area contributed by atoms with Gasteiger partial charge >= 0.3 is 0 Å². The molecule has 0 aliphatic rings. The Morgan fingerprint density at radius 2 is 2.16 bits per heavy atom. The number of ether oxygens (including phenoxy) is 2. The van der Waals surface area contributed by atoms with Crippen molar-refractivity contribution in [2.75, 3.05) is 6.61 Å². The van der Waals surface area contributed by atoms with Gasteiger partial charge in [0.25, 0.3) is 5.91 Å². The van der Waals surface area contributed by atoms with Crippen LogP contribution in [0.3, 0.4) is 0 Å². The Morgan fingerprint density at radius 3 is 2.88 bits per heavy atom. The summed E-state index contributed by atoms with van der Waals surface area (Å²) in [7, 11) is 0. The molecule has 1 N–H and O–H groups in total. The second-order valence-corrected chi connectivity index (χ2v) is 6.26. The van der Waals surface area contributed by atoms with Crippen LogP contribution in [0.2, 0.25) is 0 Å². The van der Waals surface area contributed by atoms with Crippen LogP contribution in [0.25, 0.3) is 0 Å². The van der Waals surface area contributed by atoms with Crippen LogP contribution in [0.4, 0.5) is 4.39 Å². The van der Waals surface area contributed by atoms with Gasteiger partial charge in [-0.3, -0.25) is 4.79 Å². The monoisotopic (exact) mass is 410 g/mol. The largest absolute Gasteiger partial charge is 0.480 e. The Morgan fingerprint density at radius 1 is 1.36 bits per heavy atom. The molecule has 1 aromatic heterocycles. The minimum absolute atomic E-state index is 0.274. The van der Waals surface area contributed by atoms with Crippen molar-refractivity contribution in [3.63, 3.8) is 0 Å². The number of hydrogen-bond acceptors (Lipinski definition) is 4. The van der Waals surface area contributed by atoms with Crippen LogP contribution in [0.5, 0.6) is 11.6 Å². The molecule has 1 amide bonds. The second kappa shape index (κ2) is 9.36. The Kier molecular flexibility index (Phi) is 7.18. The van der Waals surface area contributed by atoms with Crippen molar-refractivity contribution < 1.29 is 18.7 Å². The zero-order valence-corrected chi connectivity index (χ0v) is 15.7. The van der Waals surface area contributed by atoms with Crippen LogP contribution in [0.1, 0.15) is 25.8 Å². The summed E-state index contributed by atoms with van der Waals surface area (Å²) >= 11 is 3.21. The topological polar surface area (TPSA) is 60.5 Å². The number of amides is 1. The highest BCUT2D eigenvalue weighted by molar-refractivity contribution is 9.10. The molecule has 0 saturated carbocycles. The molecule has 1 unspecified atom stereocenters. The molecule has 1 atom stereocenters. The quantitative estimate of drug-likeness (QED) is 0.717. The average Bonchev–Trinajstić information content (AvgIpc) is 2.60. The SMILES string of the molecule is CCCOc1cc(CNC(=O)C(C)Oc2ccc(F)cc2Br)ccn1. The van der Waals surface area contributed by atoms with Crippen molar-refractivity contribution in [3.8, 4) is 11.6 Å². The van der Waals surface area contributed by atoms with Gasteiger partial charge < -0.3 is 14.8 Å². The molecule has 5 nitrogen and oxygen atoms in total. The normalized spacial score (nSPS) is 11.7. The molecular formula is C18H20BrFN2O3. The summed E-state index contributed by atoms with van der Waals surface area (Å²) < 4.78 is 24.6. The van der Waals surface area contributed by atoms with Gasteiger partial charge in [0.15, 0.2) is 6.10 Å². The summed E-state index contributed by atoms with van der Waals surface area (Å²) in [6.45, 7) is 4.58. The smallest absolute Gasteiger partial charge is 0.261 e. The maximum Gasteiger partial charge on any atom is 0.261 e. The third kappa shape index (κ3) is 6.01. The summed E-state index contributed by atoms with van der Waals surface area (Å²) in [5, 5.41) is 2.80. The maximum atomic E-state index is 13.1. The highest BCUT2D eigenvalue weighted by Gasteiger charge is 2.16. The molecule has 1 heterocycles. The van der Waals surface area contributed by atoms with Gasteiger partial charge in [0.1, 0.15) is 11.6 Å². The number of pyridine rings is 1. The molecule has 1 aromatic carbocycles. The number of carbonyl (C=O) groups excluding carboxylic acids is 1. The number of hydrogen-bond donors (Lipinski definition) is 1. The van der Waals surface area contributed by atoms with E-state index in [1.807, 2.05) is 6.92 Å². The van der Waals surface area contributed by atoms with Gasteiger partial charge in [-0.15, -0.1) is 0 Å². The predicted molar refractivity (Wildman–Crippen MR) is 96.1 cm³/mol. The maximum absolute atomic E-state index is 13.1. The Labute approximate surface area is 154 Å². The van der Waals surface area contributed by atoms with Crippen molar-refractivity contribution in [1.82, 2.24) is 10.3 Å². The van der Waals surface area contributed by atoms with Gasteiger partial charge in [-0.05, 0) is 59.1 Å². The zero-order chi connectivity index (χ0) is 18.2. The molecule has 0 fully saturated rings. The van der Waals surface area contributed by atoms with Gasteiger partial charge in [0.05, 0.1) is 11.1 Å². The van der Waals surface area contributed by atoms with Crippen LogP contribution in [-0.2, 0) is 11.3 Å². The second-order valence-electron chi connectivity index (χ2n) is 5.40. The van der Waals surface area contributed by atoms with Crippen LogP contribution >= 0.6 is 15.9 Å². The van der Waals surface area contributed by atoms with Crippen molar-refractivity contribution in [2.24, 2.45) is 0 Å². The Balaban J connectivity index is 1.88. The standard InChI is InChI=1S/C18H20BrFN2O3/c1-3-8-24-17-9-13(6-7-21-17)11-22-18(23)12(2)25-16-5-4-14(20)10-15(16)19/h4-7,9-10,12H,3,8,11H2,1-2H3,(H,22,23). The zero-order valence-electron chi connectivity index (χ0n) is 14.1. The minimum atomic E-state index is -0.723. The van der Waals surface area contributed by atoms with E-state index in [-0.39, 0.29) is 11.7 Å². The van der Waals surface area contributed by atoms with Gasteiger partial charge in [-0.1, -0.05) is 6.92 Å². The van der Waals surface area contributed by atoms with E-state index in [1.54, 1.807) is 25.3 Å². The number of nitrogens with one attached hydrogen (secondary N) is 1. The molecule has 0 spiro atoms. The first-order chi connectivity index (χ1) is 12.0. The van der Waals surface area contributed by atoms with Gasteiger partial charge in [-0.25, -0.2) is 9.37 Å². The molecule has 2 aromatic rings. The lowest BCUT2D eigenvalue weighted by molar-refractivity contribution is -0.127. The number of halogens is 2. The molecule has 0 bridgehead atoms. The first kappa shape index (κ1) is 19.2. The first-order valence-electron chi connectivity index (χ1n) is 7.96. The van der Waals surface area contributed by atoms with E-state index < -0.39 is 6.10 Å². The van der Waals surface area contributed by atoms with E-state index in [2.05, 4.69) is 26.2 Å². The Hall–Kier alpha value is -2.15. The first-order valence-corrected chi connectivity index (χ1v) is 8.76. The highest BCUT2D eigenvalue weighted by atomic mass is 79.9. The van der Waals surface area contributed by atoms with E-state index in [1.165, 1.54) is 18.2 Å². The lowest BCUT2D eigenvalue weighted by Crippen LogP contribution is -2.36. The fourth-order valence-corrected chi connectivity index (χ4v) is 2.44. The summed E-state index contributed by atoms with van der Waals surface area (Å²) in [4.78, 5) is 16.3. The van der Waals surface area contributed by atoms with Crippen LogP contribution in [0, 0.1) is 5.82 Å². The van der Waals surface area contributed by atoms with Gasteiger partial charge in [0.2, 0.25) is 5.88 Å². The summed E-state index contributed by atoms with van der Waals surface area (Å²) in [6, 6.07) is 7.64. The number of rotatable bonds is 8. The van der Waals surface area contributed by atoms with Gasteiger partial charge in [-0.2, -0.15) is 0 Å². The van der Waals surface area contributed by atoms with Crippen LogP contribution < -0.4 is 14.8 Å². The van der Waals surface area contributed by atoms with Gasteiger partial charge in [0, 0.05) is 18.8 Å². The number of carbonyl (C=O) groups is 1. The van der Waals surface area contributed by atoms with E-state index in [0.29, 0.717) is 29.3 Å². The van der Waals surface area contributed by atoms with Crippen molar-refractivity contribution in [2.45, 2.75) is 32.9 Å². The minimum Gasteiger partial charge on any atom is -0.480 e. The van der Waals surface area contributed by atoms with Crippen molar-refractivity contribution in [1.29, 1.82) is 0 Å². The van der Waals surface area contributed by atoms with E-state index >= 15 is 0 Å². The Bertz CT molecular complexity index is 727. The predicted octanol–water partition coefficient (Wildman–Crippen LogP) is 3.86. The average molecular weight is 411 g/mol. The number of nitrogens with zero attached hydrogens (tertiary/aromatic N) is 1. The molecular weight excluding hydrogens is 391 g/mol. The fourth-order valence-electron chi connectivity index (χ4n) is 1.99. The van der Waals surface area contributed by atoms with Crippen molar-refractivity contribution in [3.05, 3.63) is 52.4 Å². The molecule has 0 aliphatic heterocycles. The van der Waals surface area contributed by atoms with Crippen molar-refractivity contribution >= 4 is 21.8 Å². The number of aromatic nitrogens is 1. The lowest BCUT2D eigenvalue weighted by Gasteiger charge is -2.16. The molecule has 0 aliphatic carbocycles. The summed E-state index contributed by atoms with van der Waals surface area (Å²) in [5.41, 5.74) is 0.879. The van der Waals surface area contributed by atoms with Crippen LogP contribution in [0.15, 0.2) is 41.0 Å². The third-order valence-electron chi connectivity index (χ3n) is 3.29. The molecule has 0 saturated heterocycles. The van der Waals surface area contributed by atoms with E-state index in [9.17, 15) is 9.18 Å². The fraction of sp³-hybridized carbons (Fsp3) is 0.333. The highest BCUT2D eigenvalue weighted by Crippen LogP contribution is 2.26. The summed E-state index contributed by atoms with van der Waals surface area (Å²) in [5.74, 6) is 0.288. The molecule has 7 heteroatoms. The summed E-state index contributed by atoms with van der Waals surface area (Å²) in [6.07, 6.45) is 1.82. The van der Waals surface area contributed by atoms with E-state index in [0.717, 1.165) is 12.0 Å². The van der Waals surface area contributed by atoms with E-state index in [4.69, 9.17) is 9.47 Å². The molecule has 0 radical (unpaired) electrons.